The molecule has 0 unspecified atom stereocenters. The number of halogens is 1. The normalized spacial score (nSPS) is 17.9. The van der Waals surface area contributed by atoms with Crippen molar-refractivity contribution in [3.8, 4) is 0 Å². The molecule has 2 aromatic carbocycles. The van der Waals surface area contributed by atoms with Crippen LogP contribution in [0.3, 0.4) is 0 Å². The van der Waals surface area contributed by atoms with Crippen molar-refractivity contribution in [2.45, 2.75) is 44.4 Å². The van der Waals surface area contributed by atoms with Gasteiger partial charge >= 0.3 is 0 Å². The molecule has 8 nitrogen and oxygen atoms in total. The Labute approximate surface area is 221 Å². The van der Waals surface area contributed by atoms with E-state index in [9.17, 15) is 22.4 Å². The van der Waals surface area contributed by atoms with Crippen LogP contribution in [-0.4, -0.2) is 49.2 Å². The number of nitrogens with zero attached hydrogens (tertiary/aromatic N) is 1. The number of H-pyrrole nitrogens is 1. The number of likely N-dealkylation sites (tertiary alicyclic amines) is 1. The van der Waals surface area contributed by atoms with Crippen LogP contribution in [0.5, 0.6) is 0 Å². The minimum atomic E-state index is -3.88. The number of carbonyl (C=O) groups is 2. The van der Waals surface area contributed by atoms with Crippen LogP contribution in [0.1, 0.15) is 52.3 Å². The van der Waals surface area contributed by atoms with Gasteiger partial charge in [-0.25, -0.2) is 12.8 Å². The third kappa shape index (κ3) is 4.89. The lowest BCUT2D eigenvalue weighted by molar-refractivity contribution is -0.110. The minimum absolute atomic E-state index is 0. The molecule has 10 heteroatoms. The van der Waals surface area contributed by atoms with Crippen molar-refractivity contribution in [2.75, 3.05) is 18.4 Å². The summed E-state index contributed by atoms with van der Waals surface area (Å²) in [5, 5.41) is 2.75. The molecule has 0 radical (unpaired) electrons. The second-order valence-electron chi connectivity index (χ2n) is 9.53. The van der Waals surface area contributed by atoms with Crippen molar-refractivity contribution in [1.29, 1.82) is 0 Å². The quantitative estimate of drug-likeness (QED) is 0.423. The van der Waals surface area contributed by atoms with Crippen molar-refractivity contribution < 1.29 is 22.4 Å². The average Bonchev–Trinajstić information content (AvgIpc) is 3.50. The van der Waals surface area contributed by atoms with Gasteiger partial charge in [0.05, 0.1) is 21.8 Å². The van der Waals surface area contributed by atoms with E-state index in [0.717, 1.165) is 6.42 Å². The Bertz CT molecular complexity index is 1580. The topological polar surface area (TPSA) is 125 Å². The predicted octanol–water partition coefficient (Wildman–Crippen LogP) is 4.05. The third-order valence-electron chi connectivity index (χ3n) is 6.93. The zero-order valence-corrected chi connectivity index (χ0v) is 21.3. The molecule has 4 N–H and O–H groups in total. The number of sulfone groups is 1. The van der Waals surface area contributed by atoms with E-state index in [1.165, 1.54) is 36.4 Å². The van der Waals surface area contributed by atoms with Crippen molar-refractivity contribution >= 4 is 39.0 Å². The Morgan fingerprint density at radius 2 is 1.95 bits per heavy atom. The molecule has 0 saturated carbocycles. The van der Waals surface area contributed by atoms with Gasteiger partial charge in [0, 0.05) is 47.3 Å². The lowest BCUT2D eigenvalue weighted by Crippen LogP contribution is -2.32. The van der Waals surface area contributed by atoms with Crippen LogP contribution in [0, 0.1) is 19.7 Å². The highest BCUT2D eigenvalue weighted by Crippen LogP contribution is 2.36. The van der Waals surface area contributed by atoms with Crippen molar-refractivity contribution in [3.05, 3.63) is 81.9 Å². The highest BCUT2D eigenvalue weighted by atomic mass is 32.2. The molecule has 1 fully saturated rings. The summed E-state index contributed by atoms with van der Waals surface area (Å²) >= 11 is 0. The molecule has 1 atom stereocenters. The van der Waals surface area contributed by atoms with E-state index >= 15 is 0 Å². The predicted molar refractivity (Wildman–Crippen MR) is 146 cm³/mol. The lowest BCUT2D eigenvalue weighted by atomic mass is 10.0. The molecular formula is C28H31FN4O4S. The number of aryl methyl sites for hydroxylation is 1. The highest BCUT2D eigenvalue weighted by Gasteiger charge is 2.30. The van der Waals surface area contributed by atoms with E-state index in [1.54, 1.807) is 24.0 Å². The van der Waals surface area contributed by atoms with Crippen molar-refractivity contribution in [2.24, 2.45) is 5.73 Å². The number of hydrogen-bond donors (Lipinski definition) is 3. The number of aromatic amines is 1. The van der Waals surface area contributed by atoms with Gasteiger partial charge in [-0.2, -0.15) is 0 Å². The summed E-state index contributed by atoms with van der Waals surface area (Å²) in [6.07, 6.45) is 2.38. The molecule has 5 rings (SSSR count). The second-order valence-corrected chi connectivity index (χ2v) is 11.5. The maximum Gasteiger partial charge on any atom is 0.256 e. The molecule has 0 bridgehead atoms. The van der Waals surface area contributed by atoms with Crippen LogP contribution in [0.2, 0.25) is 0 Å². The summed E-state index contributed by atoms with van der Waals surface area (Å²) in [7, 11) is -3.88. The number of fused-ring (bicyclic) bond motifs is 1. The fourth-order valence-corrected chi connectivity index (χ4v) is 6.30. The van der Waals surface area contributed by atoms with Crippen LogP contribution >= 0.6 is 0 Å². The molecule has 3 aromatic rings. The number of amides is 2. The zero-order valence-electron chi connectivity index (χ0n) is 20.5. The molecule has 2 amide bonds. The first-order valence-corrected chi connectivity index (χ1v) is 13.6. The first-order valence-electron chi connectivity index (χ1n) is 11.9. The molecule has 2 aliphatic heterocycles. The van der Waals surface area contributed by atoms with Crippen LogP contribution < -0.4 is 11.1 Å². The molecule has 1 saturated heterocycles. The van der Waals surface area contributed by atoms with Crippen molar-refractivity contribution in [1.82, 2.24) is 9.88 Å². The number of benzene rings is 2. The molecule has 1 aromatic heterocycles. The van der Waals surface area contributed by atoms with Gasteiger partial charge in [0.15, 0.2) is 9.84 Å². The van der Waals surface area contributed by atoms with Crippen LogP contribution in [-0.2, 0) is 20.4 Å². The Hall–Kier alpha value is -3.76. The molecule has 0 aliphatic carbocycles. The smallest absolute Gasteiger partial charge is 0.256 e. The third-order valence-corrected chi connectivity index (χ3v) is 8.59. The molecule has 38 heavy (non-hydrogen) atoms. The van der Waals surface area contributed by atoms with Crippen LogP contribution in [0.4, 0.5) is 10.1 Å². The first kappa shape index (κ1) is 27.3. The van der Waals surface area contributed by atoms with E-state index in [4.69, 9.17) is 5.73 Å². The number of hydrogen-bond acceptors (Lipinski definition) is 5. The number of nitrogens with one attached hydrogen (secondary N) is 2. The Morgan fingerprint density at radius 3 is 2.63 bits per heavy atom. The van der Waals surface area contributed by atoms with Crippen molar-refractivity contribution in [3.63, 3.8) is 0 Å². The fraction of sp³-hybridized carbons (Fsp3) is 0.286. The van der Waals surface area contributed by atoms with Gasteiger partial charge in [0.1, 0.15) is 5.82 Å². The van der Waals surface area contributed by atoms with E-state index < -0.39 is 21.4 Å². The van der Waals surface area contributed by atoms with Crippen LogP contribution in [0.25, 0.3) is 11.6 Å². The van der Waals surface area contributed by atoms with Gasteiger partial charge < -0.3 is 20.9 Å². The standard InChI is InChI=1S/C27H27FN4O4S.CH4/c1-15-24(30-16(2)25(15)27(34)32-10-9-18(29)13-32)12-21-20-11-19(7-8-23(20)31-26(21)33)37(35,36)14-17-5-3-4-6-22(17)28;/h3-8,11-12,18,30H,9-10,13-14,29H2,1-2H3,(H,31,33);1H4/b21-12-;/t18-;/m0./s1. The van der Waals surface area contributed by atoms with E-state index in [-0.39, 0.29) is 41.3 Å². The second kappa shape index (κ2) is 10.2. The summed E-state index contributed by atoms with van der Waals surface area (Å²) in [6, 6.07) is 10.1. The van der Waals surface area contributed by atoms with Gasteiger partial charge in [0.2, 0.25) is 0 Å². The van der Waals surface area contributed by atoms with E-state index in [0.29, 0.717) is 46.9 Å². The van der Waals surface area contributed by atoms with Gasteiger partial charge in [-0.05, 0) is 56.2 Å². The SMILES string of the molecule is C.Cc1[nH]c(/C=C2\C(=O)Nc3ccc(S(=O)(=O)Cc4ccccc4F)cc32)c(C)c1C(=O)N1CC[C@H](N)C1. The molecular weight excluding hydrogens is 507 g/mol. The zero-order chi connectivity index (χ0) is 26.5. The van der Waals surface area contributed by atoms with Gasteiger partial charge in [0.25, 0.3) is 11.8 Å². The average molecular weight is 539 g/mol. The van der Waals surface area contributed by atoms with Gasteiger partial charge in [-0.15, -0.1) is 0 Å². The number of carbonyl (C=O) groups excluding carboxylic acids is 2. The molecule has 2 aliphatic rings. The summed E-state index contributed by atoms with van der Waals surface area (Å²) in [5.74, 6) is -1.59. The van der Waals surface area contributed by atoms with Gasteiger partial charge in [-0.3, -0.25) is 9.59 Å². The number of rotatable bonds is 5. The Kier molecular flexibility index (Phi) is 7.31. The summed E-state index contributed by atoms with van der Waals surface area (Å²) in [6.45, 7) is 4.70. The summed E-state index contributed by atoms with van der Waals surface area (Å²) < 4.78 is 40.2. The fourth-order valence-electron chi connectivity index (χ4n) is 4.92. The Morgan fingerprint density at radius 1 is 1.21 bits per heavy atom. The maximum atomic E-state index is 14.1. The molecule has 0 spiro atoms. The first-order chi connectivity index (χ1) is 17.5. The Balaban J connectivity index is 0.00000336. The number of nitrogens with two attached hydrogens (primary N) is 1. The monoisotopic (exact) mass is 538 g/mol. The minimum Gasteiger partial charge on any atom is -0.358 e. The largest absolute Gasteiger partial charge is 0.358 e. The molecule has 3 heterocycles. The number of anilines is 1. The van der Waals surface area contributed by atoms with E-state index in [2.05, 4.69) is 10.3 Å². The lowest BCUT2D eigenvalue weighted by Gasteiger charge is -2.16. The van der Waals surface area contributed by atoms with E-state index in [1.807, 2.05) is 6.92 Å². The maximum absolute atomic E-state index is 14.1. The van der Waals surface area contributed by atoms with Gasteiger partial charge in [-0.1, -0.05) is 25.6 Å². The van der Waals surface area contributed by atoms with Crippen LogP contribution in [0.15, 0.2) is 47.4 Å². The summed E-state index contributed by atoms with van der Waals surface area (Å²) in [5.41, 5.74) is 9.70. The summed E-state index contributed by atoms with van der Waals surface area (Å²) in [4.78, 5) is 30.9. The molecule has 200 valence electrons. The highest BCUT2D eigenvalue weighted by molar-refractivity contribution is 7.90. The number of aromatic nitrogens is 1.